The van der Waals surface area contributed by atoms with Gasteiger partial charge in [-0.1, -0.05) is 72.8 Å². The molecule has 2 amide bonds. The van der Waals surface area contributed by atoms with Gasteiger partial charge in [0.1, 0.15) is 11.8 Å². The molecule has 0 saturated carbocycles. The summed E-state index contributed by atoms with van der Waals surface area (Å²) in [5.41, 5.74) is 2.88. The summed E-state index contributed by atoms with van der Waals surface area (Å²) in [6.45, 7) is 2.54. The number of carbonyl (C=O) groups is 2. The van der Waals surface area contributed by atoms with Gasteiger partial charge in [-0.15, -0.1) is 0 Å². The highest BCUT2D eigenvalue weighted by molar-refractivity contribution is 5.88. The van der Waals surface area contributed by atoms with Crippen molar-refractivity contribution in [2.45, 2.75) is 32.5 Å². The van der Waals surface area contributed by atoms with Gasteiger partial charge >= 0.3 is 0 Å². The Morgan fingerprint density at radius 2 is 1.42 bits per heavy atom. The van der Waals surface area contributed by atoms with Gasteiger partial charge in [0.05, 0.1) is 13.5 Å². The Morgan fingerprint density at radius 3 is 2.00 bits per heavy atom. The van der Waals surface area contributed by atoms with E-state index < -0.39 is 6.04 Å². The van der Waals surface area contributed by atoms with Gasteiger partial charge in [-0.3, -0.25) is 9.59 Å². The van der Waals surface area contributed by atoms with Gasteiger partial charge in [0, 0.05) is 13.1 Å². The number of carbonyl (C=O) groups excluding carboxylic acids is 2. The zero-order chi connectivity index (χ0) is 22.1. The molecule has 5 nitrogen and oxygen atoms in total. The predicted octanol–water partition coefficient (Wildman–Crippen LogP) is 3.97. The summed E-state index contributed by atoms with van der Waals surface area (Å²) in [6, 6.07) is 26.3. The summed E-state index contributed by atoms with van der Waals surface area (Å²) in [6.07, 6.45) is 0.254. The molecule has 1 N–H and O–H groups in total. The largest absolute Gasteiger partial charge is 0.497 e. The maximum absolute atomic E-state index is 13.1. The molecule has 3 aromatic rings. The van der Waals surface area contributed by atoms with E-state index >= 15 is 0 Å². The quantitative estimate of drug-likeness (QED) is 0.574. The molecular weight excluding hydrogens is 388 g/mol. The van der Waals surface area contributed by atoms with E-state index in [2.05, 4.69) is 5.32 Å². The first-order valence-electron chi connectivity index (χ1n) is 10.3. The number of rotatable bonds is 9. The van der Waals surface area contributed by atoms with Gasteiger partial charge in [-0.2, -0.15) is 0 Å². The third kappa shape index (κ3) is 6.44. The molecule has 0 fully saturated rings. The molecule has 1 atom stereocenters. The topological polar surface area (TPSA) is 58.6 Å². The van der Waals surface area contributed by atoms with E-state index in [0.717, 1.165) is 22.4 Å². The van der Waals surface area contributed by atoms with Crippen molar-refractivity contribution in [3.63, 3.8) is 0 Å². The van der Waals surface area contributed by atoms with Crippen molar-refractivity contribution < 1.29 is 14.3 Å². The highest BCUT2D eigenvalue weighted by Gasteiger charge is 2.26. The number of hydrogen-bond acceptors (Lipinski definition) is 3. The smallest absolute Gasteiger partial charge is 0.242 e. The zero-order valence-electron chi connectivity index (χ0n) is 18.0. The molecule has 160 valence electrons. The number of hydrogen-bond donors (Lipinski definition) is 1. The van der Waals surface area contributed by atoms with Crippen molar-refractivity contribution >= 4 is 11.8 Å². The summed E-state index contributed by atoms with van der Waals surface area (Å²) in [5.74, 6) is 0.499. The van der Waals surface area contributed by atoms with Gasteiger partial charge < -0.3 is 15.0 Å². The van der Waals surface area contributed by atoms with Crippen LogP contribution in [0.4, 0.5) is 0 Å². The molecule has 0 bridgehead atoms. The van der Waals surface area contributed by atoms with Gasteiger partial charge in [-0.25, -0.2) is 0 Å². The lowest BCUT2D eigenvalue weighted by atomic mass is 10.1. The van der Waals surface area contributed by atoms with E-state index in [4.69, 9.17) is 4.74 Å². The van der Waals surface area contributed by atoms with E-state index in [1.165, 1.54) is 0 Å². The first-order chi connectivity index (χ1) is 15.1. The summed E-state index contributed by atoms with van der Waals surface area (Å²) in [7, 11) is 1.62. The molecule has 0 aliphatic carbocycles. The molecule has 3 rings (SSSR count). The molecule has 0 unspecified atom stereocenters. The van der Waals surface area contributed by atoms with Crippen molar-refractivity contribution in [2.75, 3.05) is 7.11 Å². The van der Waals surface area contributed by atoms with Crippen LogP contribution in [0.5, 0.6) is 5.75 Å². The van der Waals surface area contributed by atoms with Crippen molar-refractivity contribution in [1.29, 1.82) is 0 Å². The van der Waals surface area contributed by atoms with E-state index in [-0.39, 0.29) is 18.2 Å². The summed E-state index contributed by atoms with van der Waals surface area (Å²) < 4.78 is 5.16. The second-order valence-corrected chi connectivity index (χ2v) is 7.41. The lowest BCUT2D eigenvalue weighted by Crippen LogP contribution is -2.47. The minimum Gasteiger partial charge on any atom is -0.497 e. The zero-order valence-corrected chi connectivity index (χ0v) is 18.0. The molecular formula is C26H28N2O3. The average Bonchev–Trinajstić information content (AvgIpc) is 2.82. The first-order valence-corrected chi connectivity index (χ1v) is 10.3. The van der Waals surface area contributed by atoms with Gasteiger partial charge in [0.2, 0.25) is 11.8 Å². The van der Waals surface area contributed by atoms with Gasteiger partial charge in [-0.05, 0) is 35.7 Å². The molecule has 0 saturated heterocycles. The summed E-state index contributed by atoms with van der Waals surface area (Å²) in [5, 5.41) is 2.95. The molecule has 0 aliphatic rings. The van der Waals surface area contributed by atoms with Crippen LogP contribution in [0.25, 0.3) is 0 Å². The average molecular weight is 417 g/mol. The lowest BCUT2D eigenvalue weighted by molar-refractivity contribution is -0.140. The second kappa shape index (κ2) is 11.0. The predicted molar refractivity (Wildman–Crippen MR) is 121 cm³/mol. The van der Waals surface area contributed by atoms with Gasteiger partial charge in [0.25, 0.3) is 0 Å². The fraction of sp³-hybridized carbons (Fsp3) is 0.231. The lowest BCUT2D eigenvalue weighted by Gasteiger charge is -2.29. The second-order valence-electron chi connectivity index (χ2n) is 7.41. The highest BCUT2D eigenvalue weighted by atomic mass is 16.5. The Morgan fingerprint density at radius 1 is 0.839 bits per heavy atom. The van der Waals surface area contributed by atoms with E-state index in [9.17, 15) is 9.59 Å². The van der Waals surface area contributed by atoms with Crippen LogP contribution in [0.1, 0.15) is 23.6 Å². The number of nitrogens with zero attached hydrogens (tertiary/aromatic N) is 1. The third-order valence-electron chi connectivity index (χ3n) is 5.19. The molecule has 31 heavy (non-hydrogen) atoms. The van der Waals surface area contributed by atoms with Crippen molar-refractivity contribution in [3.05, 3.63) is 102 Å². The number of nitrogens with one attached hydrogen (secondary N) is 1. The van der Waals surface area contributed by atoms with E-state index in [0.29, 0.717) is 13.1 Å². The molecule has 0 radical (unpaired) electrons. The molecule has 5 heteroatoms. The standard InChI is InChI=1S/C26H28N2O3/c1-20(26(30)27-18-22-13-15-24(31-2)16-14-22)28(19-23-11-7-4-8-12-23)25(29)17-21-9-5-3-6-10-21/h3-16,20H,17-19H2,1-2H3,(H,27,30)/t20-/m0/s1. The molecule has 3 aromatic carbocycles. The maximum Gasteiger partial charge on any atom is 0.242 e. The highest BCUT2D eigenvalue weighted by Crippen LogP contribution is 2.14. The fourth-order valence-corrected chi connectivity index (χ4v) is 3.32. The number of amides is 2. The van der Waals surface area contributed by atoms with Crippen LogP contribution in [0, 0.1) is 0 Å². The van der Waals surface area contributed by atoms with Crippen molar-refractivity contribution in [1.82, 2.24) is 10.2 Å². The van der Waals surface area contributed by atoms with Crippen LogP contribution >= 0.6 is 0 Å². The monoisotopic (exact) mass is 416 g/mol. The fourth-order valence-electron chi connectivity index (χ4n) is 3.32. The Bertz CT molecular complexity index is 973. The van der Waals surface area contributed by atoms with Crippen molar-refractivity contribution in [3.8, 4) is 5.75 Å². The Balaban J connectivity index is 1.69. The van der Waals surface area contributed by atoms with E-state index in [1.807, 2.05) is 84.9 Å². The first kappa shape index (κ1) is 22.1. The van der Waals surface area contributed by atoms with Crippen LogP contribution < -0.4 is 10.1 Å². The van der Waals surface area contributed by atoms with Crippen LogP contribution in [-0.4, -0.2) is 29.9 Å². The minimum absolute atomic E-state index is 0.0813. The van der Waals surface area contributed by atoms with Crippen LogP contribution in [0.3, 0.4) is 0 Å². The van der Waals surface area contributed by atoms with Crippen LogP contribution in [0.15, 0.2) is 84.9 Å². The van der Waals surface area contributed by atoms with E-state index in [1.54, 1.807) is 18.9 Å². The summed E-state index contributed by atoms with van der Waals surface area (Å²) >= 11 is 0. The SMILES string of the molecule is COc1ccc(CNC(=O)[C@H](C)N(Cc2ccccc2)C(=O)Cc2ccccc2)cc1. The third-order valence-corrected chi connectivity index (χ3v) is 5.19. The van der Waals surface area contributed by atoms with Gasteiger partial charge in [0.15, 0.2) is 0 Å². The number of methoxy groups -OCH3 is 1. The maximum atomic E-state index is 13.1. The van der Waals surface area contributed by atoms with Crippen molar-refractivity contribution in [2.24, 2.45) is 0 Å². The summed E-state index contributed by atoms with van der Waals surface area (Å²) in [4.78, 5) is 27.7. The van der Waals surface area contributed by atoms with Crippen LogP contribution in [-0.2, 0) is 29.1 Å². The molecule has 0 aromatic heterocycles. The Hall–Kier alpha value is -3.60. The van der Waals surface area contributed by atoms with Crippen LogP contribution in [0.2, 0.25) is 0 Å². The normalized spacial score (nSPS) is 11.4. The molecule has 0 heterocycles. The molecule has 0 spiro atoms. The Kier molecular flexibility index (Phi) is 7.82. The minimum atomic E-state index is -0.602. The number of benzene rings is 3. The molecule has 0 aliphatic heterocycles. The number of ether oxygens (including phenoxy) is 1. The Labute approximate surface area is 183 Å².